The van der Waals surface area contributed by atoms with Crippen LogP contribution in [0.2, 0.25) is 0 Å². The van der Waals surface area contributed by atoms with Crippen molar-refractivity contribution < 1.29 is 4.79 Å². The fourth-order valence-corrected chi connectivity index (χ4v) is 2.91. The Morgan fingerprint density at radius 1 is 1.32 bits per heavy atom. The fraction of sp³-hybridized carbons (Fsp3) is 0.333. The van der Waals surface area contributed by atoms with Crippen LogP contribution in [0.25, 0.3) is 0 Å². The number of nitrogens with zero attached hydrogens (tertiary/aromatic N) is 2. The molecule has 1 saturated heterocycles. The highest BCUT2D eigenvalue weighted by Gasteiger charge is 2.24. The van der Waals surface area contributed by atoms with Gasteiger partial charge in [-0.1, -0.05) is 35.9 Å². The van der Waals surface area contributed by atoms with E-state index in [0.29, 0.717) is 6.42 Å². The molecule has 0 spiro atoms. The van der Waals surface area contributed by atoms with Gasteiger partial charge >= 0.3 is 0 Å². The third-order valence-electron chi connectivity index (χ3n) is 3.97. The third kappa shape index (κ3) is 3.64. The lowest BCUT2D eigenvalue weighted by Crippen LogP contribution is -2.38. The molecule has 2 heterocycles. The van der Waals surface area contributed by atoms with Crippen LogP contribution in [0.5, 0.6) is 0 Å². The van der Waals surface area contributed by atoms with Crippen LogP contribution in [0.3, 0.4) is 0 Å². The number of pyridine rings is 1. The Bertz CT molecular complexity index is 642. The zero-order valence-electron chi connectivity index (χ0n) is 12.8. The molecule has 0 radical (unpaired) electrons. The Kier molecular flexibility index (Phi) is 4.37. The molecule has 3 rings (SSSR count). The number of anilines is 1. The summed E-state index contributed by atoms with van der Waals surface area (Å²) in [5.41, 5.74) is 2.25. The second-order valence-electron chi connectivity index (χ2n) is 5.85. The topological polar surface area (TPSA) is 45.2 Å². The molecule has 2 aromatic rings. The van der Waals surface area contributed by atoms with E-state index in [2.05, 4.69) is 21.3 Å². The monoisotopic (exact) mass is 295 g/mol. The van der Waals surface area contributed by atoms with Crippen molar-refractivity contribution in [1.29, 1.82) is 0 Å². The van der Waals surface area contributed by atoms with Gasteiger partial charge in [-0.3, -0.25) is 4.79 Å². The van der Waals surface area contributed by atoms with E-state index >= 15 is 0 Å². The van der Waals surface area contributed by atoms with Gasteiger partial charge in [0.05, 0.1) is 6.42 Å². The molecule has 0 aliphatic carbocycles. The van der Waals surface area contributed by atoms with E-state index in [1.54, 1.807) is 6.20 Å². The molecule has 1 amide bonds. The van der Waals surface area contributed by atoms with Crippen LogP contribution in [0.15, 0.2) is 48.7 Å². The summed E-state index contributed by atoms with van der Waals surface area (Å²) >= 11 is 0. The third-order valence-corrected chi connectivity index (χ3v) is 3.97. The Morgan fingerprint density at radius 2 is 2.23 bits per heavy atom. The van der Waals surface area contributed by atoms with Crippen LogP contribution < -0.4 is 10.2 Å². The molecule has 4 heteroatoms. The van der Waals surface area contributed by atoms with Gasteiger partial charge in [-0.2, -0.15) is 0 Å². The number of rotatable bonds is 4. The number of amides is 1. The molecule has 1 aromatic heterocycles. The molecule has 1 aliphatic rings. The minimum Gasteiger partial charge on any atom is -0.354 e. The Hall–Kier alpha value is -2.36. The predicted octanol–water partition coefficient (Wildman–Crippen LogP) is 2.33. The molecule has 22 heavy (non-hydrogen) atoms. The Labute approximate surface area is 131 Å². The van der Waals surface area contributed by atoms with Gasteiger partial charge in [0, 0.05) is 25.3 Å². The number of benzene rings is 1. The van der Waals surface area contributed by atoms with Crippen molar-refractivity contribution in [3.8, 4) is 0 Å². The maximum Gasteiger partial charge on any atom is 0.224 e. The first-order valence-corrected chi connectivity index (χ1v) is 7.71. The molecule has 1 aliphatic heterocycles. The summed E-state index contributed by atoms with van der Waals surface area (Å²) in [6.07, 6.45) is 3.22. The quantitative estimate of drug-likeness (QED) is 0.941. The van der Waals surface area contributed by atoms with Gasteiger partial charge in [-0.25, -0.2) is 4.98 Å². The van der Waals surface area contributed by atoms with Gasteiger partial charge < -0.3 is 10.2 Å². The molecular weight excluding hydrogens is 274 g/mol. The van der Waals surface area contributed by atoms with Gasteiger partial charge in [0.2, 0.25) is 5.91 Å². The van der Waals surface area contributed by atoms with E-state index in [1.165, 1.54) is 5.56 Å². The van der Waals surface area contributed by atoms with Crippen molar-refractivity contribution in [2.45, 2.75) is 25.8 Å². The zero-order chi connectivity index (χ0) is 15.4. The fourth-order valence-electron chi connectivity index (χ4n) is 2.91. The standard InChI is InChI=1S/C18H21N3O/c1-14-5-4-6-15(11-14)12-18(22)20-16-8-10-21(13-16)17-7-2-3-9-19-17/h2-7,9,11,16H,8,10,12-13H2,1H3,(H,20,22). The van der Waals surface area contributed by atoms with Crippen molar-refractivity contribution >= 4 is 11.7 Å². The first-order valence-electron chi connectivity index (χ1n) is 7.71. The lowest BCUT2D eigenvalue weighted by atomic mass is 10.1. The maximum atomic E-state index is 12.2. The van der Waals surface area contributed by atoms with E-state index < -0.39 is 0 Å². The van der Waals surface area contributed by atoms with Crippen molar-refractivity contribution in [1.82, 2.24) is 10.3 Å². The molecule has 4 nitrogen and oxygen atoms in total. The minimum absolute atomic E-state index is 0.0958. The van der Waals surface area contributed by atoms with Gasteiger partial charge in [0.25, 0.3) is 0 Å². The molecule has 1 aromatic carbocycles. The highest BCUT2D eigenvalue weighted by molar-refractivity contribution is 5.79. The van der Waals surface area contributed by atoms with Crippen LogP contribution in [0.1, 0.15) is 17.5 Å². The lowest BCUT2D eigenvalue weighted by molar-refractivity contribution is -0.121. The van der Waals surface area contributed by atoms with Gasteiger partial charge in [-0.15, -0.1) is 0 Å². The number of hydrogen-bond donors (Lipinski definition) is 1. The highest BCUT2D eigenvalue weighted by atomic mass is 16.1. The van der Waals surface area contributed by atoms with Gasteiger partial charge in [0.15, 0.2) is 0 Å². The second-order valence-corrected chi connectivity index (χ2v) is 5.85. The largest absolute Gasteiger partial charge is 0.354 e. The van der Waals surface area contributed by atoms with Crippen molar-refractivity contribution in [2.75, 3.05) is 18.0 Å². The number of hydrogen-bond acceptors (Lipinski definition) is 3. The SMILES string of the molecule is Cc1cccc(CC(=O)NC2CCN(c3ccccn3)C2)c1. The Morgan fingerprint density at radius 3 is 3.00 bits per heavy atom. The lowest BCUT2D eigenvalue weighted by Gasteiger charge is -2.17. The second kappa shape index (κ2) is 6.60. The Balaban J connectivity index is 1.53. The van der Waals surface area contributed by atoms with E-state index in [9.17, 15) is 4.79 Å². The molecule has 0 saturated carbocycles. The molecule has 114 valence electrons. The average molecular weight is 295 g/mol. The van der Waals surface area contributed by atoms with Crippen LogP contribution in [-0.4, -0.2) is 30.0 Å². The van der Waals surface area contributed by atoms with Crippen molar-refractivity contribution in [2.24, 2.45) is 0 Å². The minimum atomic E-state index is 0.0958. The molecule has 1 N–H and O–H groups in total. The normalized spacial score (nSPS) is 17.5. The number of aryl methyl sites for hydroxylation is 1. The molecule has 0 bridgehead atoms. The van der Waals surface area contributed by atoms with Gasteiger partial charge in [-0.05, 0) is 31.0 Å². The van der Waals surface area contributed by atoms with Crippen LogP contribution >= 0.6 is 0 Å². The van der Waals surface area contributed by atoms with E-state index in [-0.39, 0.29) is 11.9 Å². The van der Waals surface area contributed by atoms with E-state index in [0.717, 1.165) is 30.9 Å². The van der Waals surface area contributed by atoms with Crippen LogP contribution in [-0.2, 0) is 11.2 Å². The smallest absolute Gasteiger partial charge is 0.224 e. The molecule has 1 fully saturated rings. The van der Waals surface area contributed by atoms with E-state index in [4.69, 9.17) is 0 Å². The van der Waals surface area contributed by atoms with E-state index in [1.807, 2.05) is 43.3 Å². The summed E-state index contributed by atoms with van der Waals surface area (Å²) in [6.45, 7) is 3.81. The maximum absolute atomic E-state index is 12.2. The first-order chi connectivity index (χ1) is 10.7. The molecular formula is C18H21N3O. The summed E-state index contributed by atoms with van der Waals surface area (Å²) in [4.78, 5) is 18.8. The average Bonchev–Trinajstić information content (AvgIpc) is 2.96. The summed E-state index contributed by atoms with van der Waals surface area (Å²) in [7, 11) is 0. The first kappa shape index (κ1) is 14.6. The summed E-state index contributed by atoms with van der Waals surface area (Å²) in [6, 6.07) is 14.2. The molecule has 1 atom stereocenters. The zero-order valence-corrected chi connectivity index (χ0v) is 12.8. The number of carbonyl (C=O) groups is 1. The van der Waals surface area contributed by atoms with Crippen molar-refractivity contribution in [3.05, 3.63) is 59.8 Å². The summed E-state index contributed by atoms with van der Waals surface area (Å²) in [5, 5.41) is 3.14. The van der Waals surface area contributed by atoms with Gasteiger partial charge in [0.1, 0.15) is 5.82 Å². The van der Waals surface area contributed by atoms with Crippen molar-refractivity contribution in [3.63, 3.8) is 0 Å². The highest BCUT2D eigenvalue weighted by Crippen LogP contribution is 2.17. The van der Waals surface area contributed by atoms with Crippen LogP contribution in [0, 0.1) is 6.92 Å². The summed E-state index contributed by atoms with van der Waals surface area (Å²) in [5.74, 6) is 1.08. The van der Waals surface area contributed by atoms with Crippen LogP contribution in [0.4, 0.5) is 5.82 Å². The molecule has 1 unspecified atom stereocenters. The number of nitrogens with one attached hydrogen (secondary N) is 1. The number of carbonyl (C=O) groups excluding carboxylic acids is 1. The predicted molar refractivity (Wildman–Crippen MR) is 87.9 cm³/mol. The summed E-state index contributed by atoms with van der Waals surface area (Å²) < 4.78 is 0. The number of aromatic nitrogens is 1.